The summed E-state index contributed by atoms with van der Waals surface area (Å²) in [6.07, 6.45) is 3.89. The molecule has 2 nitrogen and oxygen atoms in total. The Kier molecular flexibility index (Phi) is 5.03. The first kappa shape index (κ1) is 13.8. The van der Waals surface area contributed by atoms with Crippen molar-refractivity contribution in [3.8, 4) is 0 Å². The molecule has 0 aromatic heterocycles. The second-order valence-corrected chi connectivity index (χ2v) is 6.20. The Hall–Kier alpha value is -0.310. The third kappa shape index (κ3) is 3.93. The molecule has 0 aromatic carbocycles. The molecule has 0 bridgehead atoms. The van der Waals surface area contributed by atoms with Crippen molar-refractivity contribution >= 4 is 17.3 Å². The lowest BCUT2D eigenvalue weighted by molar-refractivity contribution is 0.216. The SMILES string of the molecule is CCNC(=S)N1CCCC(C(C)(C)C)CC1. The molecular weight excluding hydrogens is 216 g/mol. The molecule has 16 heavy (non-hydrogen) atoms. The number of thiocarbonyl (C=S) groups is 1. The van der Waals surface area contributed by atoms with Crippen LogP contribution in [0.5, 0.6) is 0 Å². The van der Waals surface area contributed by atoms with E-state index in [1.54, 1.807) is 0 Å². The molecule has 1 unspecified atom stereocenters. The maximum atomic E-state index is 5.38. The van der Waals surface area contributed by atoms with E-state index in [1.807, 2.05) is 0 Å². The molecule has 1 heterocycles. The van der Waals surface area contributed by atoms with E-state index < -0.39 is 0 Å². The molecule has 0 amide bonds. The Balaban J connectivity index is 2.49. The fourth-order valence-electron chi connectivity index (χ4n) is 2.43. The fraction of sp³-hybridized carbons (Fsp3) is 0.923. The zero-order chi connectivity index (χ0) is 12.2. The van der Waals surface area contributed by atoms with Gasteiger partial charge in [-0.2, -0.15) is 0 Å². The van der Waals surface area contributed by atoms with Gasteiger partial charge in [0, 0.05) is 19.6 Å². The number of hydrogen-bond donors (Lipinski definition) is 1. The minimum Gasteiger partial charge on any atom is -0.363 e. The largest absolute Gasteiger partial charge is 0.363 e. The summed E-state index contributed by atoms with van der Waals surface area (Å²) in [5, 5.41) is 4.20. The molecule has 1 N–H and O–H groups in total. The van der Waals surface area contributed by atoms with Gasteiger partial charge in [-0.3, -0.25) is 0 Å². The van der Waals surface area contributed by atoms with Crippen LogP contribution in [0.3, 0.4) is 0 Å². The zero-order valence-corrected chi connectivity index (χ0v) is 12.0. The number of nitrogens with zero attached hydrogens (tertiary/aromatic N) is 1. The van der Waals surface area contributed by atoms with Gasteiger partial charge in [0.05, 0.1) is 0 Å². The smallest absolute Gasteiger partial charge is 0.168 e. The van der Waals surface area contributed by atoms with Crippen LogP contribution in [-0.4, -0.2) is 29.6 Å². The van der Waals surface area contributed by atoms with Crippen molar-refractivity contribution in [2.45, 2.75) is 47.0 Å². The Morgan fingerprint density at radius 2 is 2.00 bits per heavy atom. The first-order chi connectivity index (χ1) is 7.45. The van der Waals surface area contributed by atoms with Crippen LogP contribution in [0.2, 0.25) is 0 Å². The summed E-state index contributed by atoms with van der Waals surface area (Å²) in [5.74, 6) is 0.835. The van der Waals surface area contributed by atoms with Crippen LogP contribution in [0.1, 0.15) is 47.0 Å². The molecule has 1 fully saturated rings. The highest BCUT2D eigenvalue weighted by molar-refractivity contribution is 7.80. The van der Waals surface area contributed by atoms with Gasteiger partial charge in [0.15, 0.2) is 5.11 Å². The Morgan fingerprint density at radius 1 is 1.31 bits per heavy atom. The van der Waals surface area contributed by atoms with Crippen molar-refractivity contribution in [2.75, 3.05) is 19.6 Å². The Bertz CT molecular complexity index is 233. The molecule has 1 aliphatic heterocycles. The Morgan fingerprint density at radius 3 is 2.56 bits per heavy atom. The minimum atomic E-state index is 0.440. The van der Waals surface area contributed by atoms with Crippen LogP contribution < -0.4 is 5.32 Å². The number of rotatable bonds is 1. The molecule has 0 aliphatic carbocycles. The quantitative estimate of drug-likeness (QED) is 0.712. The van der Waals surface area contributed by atoms with E-state index in [4.69, 9.17) is 12.2 Å². The normalized spacial score (nSPS) is 22.8. The van der Waals surface area contributed by atoms with Crippen molar-refractivity contribution in [3.63, 3.8) is 0 Å². The lowest BCUT2D eigenvalue weighted by Crippen LogP contribution is -2.40. The Labute approximate surface area is 106 Å². The molecule has 94 valence electrons. The maximum Gasteiger partial charge on any atom is 0.168 e. The average Bonchev–Trinajstić information content (AvgIpc) is 2.41. The number of likely N-dealkylation sites (tertiary alicyclic amines) is 1. The van der Waals surface area contributed by atoms with E-state index in [-0.39, 0.29) is 0 Å². The topological polar surface area (TPSA) is 15.3 Å². The molecule has 1 saturated heterocycles. The van der Waals surface area contributed by atoms with Crippen LogP contribution >= 0.6 is 12.2 Å². The monoisotopic (exact) mass is 242 g/mol. The van der Waals surface area contributed by atoms with E-state index in [9.17, 15) is 0 Å². The van der Waals surface area contributed by atoms with Gasteiger partial charge in [-0.25, -0.2) is 0 Å². The number of hydrogen-bond acceptors (Lipinski definition) is 1. The van der Waals surface area contributed by atoms with Crippen molar-refractivity contribution in [1.29, 1.82) is 0 Å². The van der Waals surface area contributed by atoms with Gasteiger partial charge in [-0.1, -0.05) is 20.8 Å². The summed E-state index contributed by atoms with van der Waals surface area (Å²) >= 11 is 5.38. The van der Waals surface area contributed by atoms with E-state index in [0.29, 0.717) is 5.41 Å². The van der Waals surface area contributed by atoms with Gasteiger partial charge in [0.2, 0.25) is 0 Å². The van der Waals surface area contributed by atoms with Crippen molar-refractivity contribution < 1.29 is 0 Å². The van der Waals surface area contributed by atoms with Crippen LogP contribution in [0.25, 0.3) is 0 Å². The highest BCUT2D eigenvalue weighted by Crippen LogP contribution is 2.34. The van der Waals surface area contributed by atoms with Crippen molar-refractivity contribution in [3.05, 3.63) is 0 Å². The molecule has 1 rings (SSSR count). The first-order valence-corrected chi connectivity index (χ1v) is 6.88. The fourth-order valence-corrected chi connectivity index (χ4v) is 2.76. The van der Waals surface area contributed by atoms with Crippen molar-refractivity contribution in [1.82, 2.24) is 10.2 Å². The van der Waals surface area contributed by atoms with E-state index in [2.05, 4.69) is 37.9 Å². The van der Waals surface area contributed by atoms with E-state index in [0.717, 1.165) is 30.7 Å². The predicted octanol–water partition coefficient (Wildman–Crippen LogP) is 3.03. The lowest BCUT2D eigenvalue weighted by atomic mass is 9.77. The van der Waals surface area contributed by atoms with Crippen LogP contribution in [0.15, 0.2) is 0 Å². The average molecular weight is 242 g/mol. The van der Waals surface area contributed by atoms with Gasteiger partial charge in [0.1, 0.15) is 0 Å². The van der Waals surface area contributed by atoms with Gasteiger partial charge in [-0.05, 0) is 49.7 Å². The standard InChI is InChI=1S/C13H26N2S/c1-5-14-12(16)15-9-6-7-11(8-10-15)13(2,3)4/h11H,5-10H2,1-4H3,(H,14,16). The minimum absolute atomic E-state index is 0.440. The predicted molar refractivity (Wildman–Crippen MR) is 74.6 cm³/mol. The van der Waals surface area contributed by atoms with Crippen LogP contribution in [0.4, 0.5) is 0 Å². The molecule has 0 aromatic rings. The number of nitrogens with one attached hydrogen (secondary N) is 1. The molecule has 1 aliphatic rings. The van der Waals surface area contributed by atoms with E-state index >= 15 is 0 Å². The summed E-state index contributed by atoms with van der Waals surface area (Å²) in [4.78, 5) is 2.34. The summed E-state index contributed by atoms with van der Waals surface area (Å²) < 4.78 is 0. The second kappa shape index (κ2) is 5.85. The summed E-state index contributed by atoms with van der Waals surface area (Å²) in [7, 11) is 0. The lowest BCUT2D eigenvalue weighted by Gasteiger charge is -2.30. The third-order valence-electron chi connectivity index (χ3n) is 3.57. The molecule has 0 saturated carbocycles. The summed E-state index contributed by atoms with van der Waals surface area (Å²) in [6, 6.07) is 0. The molecular formula is C13H26N2S. The highest BCUT2D eigenvalue weighted by Gasteiger charge is 2.27. The van der Waals surface area contributed by atoms with Gasteiger partial charge >= 0.3 is 0 Å². The first-order valence-electron chi connectivity index (χ1n) is 6.48. The molecule has 3 heteroatoms. The molecule has 0 spiro atoms. The summed E-state index contributed by atoms with van der Waals surface area (Å²) in [6.45, 7) is 12.3. The molecule has 0 radical (unpaired) electrons. The maximum absolute atomic E-state index is 5.38. The van der Waals surface area contributed by atoms with Gasteiger partial charge in [0.25, 0.3) is 0 Å². The molecule has 1 atom stereocenters. The summed E-state index contributed by atoms with van der Waals surface area (Å²) in [5.41, 5.74) is 0.440. The highest BCUT2D eigenvalue weighted by atomic mass is 32.1. The van der Waals surface area contributed by atoms with Gasteiger partial charge < -0.3 is 10.2 Å². The third-order valence-corrected chi connectivity index (χ3v) is 3.97. The van der Waals surface area contributed by atoms with Crippen LogP contribution in [0, 0.1) is 11.3 Å². The van der Waals surface area contributed by atoms with Gasteiger partial charge in [-0.15, -0.1) is 0 Å². The van der Waals surface area contributed by atoms with Crippen molar-refractivity contribution in [2.24, 2.45) is 11.3 Å². The van der Waals surface area contributed by atoms with Crippen LogP contribution in [-0.2, 0) is 0 Å². The second-order valence-electron chi connectivity index (χ2n) is 5.82. The van der Waals surface area contributed by atoms with E-state index in [1.165, 1.54) is 19.3 Å². The zero-order valence-electron chi connectivity index (χ0n) is 11.2.